The lowest BCUT2D eigenvalue weighted by Crippen LogP contribution is -2.39. The van der Waals surface area contributed by atoms with Gasteiger partial charge < -0.3 is 25.8 Å². The Kier molecular flexibility index (Phi) is 8.65. The van der Waals surface area contributed by atoms with Gasteiger partial charge in [0.2, 0.25) is 0 Å². The SMILES string of the molecule is CCNC(=NCc1cccc(OCC(N)=O)c1)NCCOc1ccc(C)cc1. The number of nitrogens with two attached hydrogens (primary N) is 1. The highest BCUT2D eigenvalue weighted by Gasteiger charge is 2.01. The fourth-order valence-corrected chi connectivity index (χ4v) is 2.37. The number of amides is 1. The van der Waals surface area contributed by atoms with Crippen molar-refractivity contribution in [3.05, 3.63) is 59.7 Å². The van der Waals surface area contributed by atoms with Crippen LogP contribution in [0.4, 0.5) is 0 Å². The predicted octanol–water partition coefficient (Wildman–Crippen LogP) is 1.99. The maximum atomic E-state index is 10.8. The summed E-state index contributed by atoms with van der Waals surface area (Å²) >= 11 is 0. The third kappa shape index (κ3) is 7.99. The van der Waals surface area contributed by atoms with E-state index in [1.807, 2.05) is 56.3 Å². The molecule has 0 radical (unpaired) electrons. The van der Waals surface area contributed by atoms with Crippen molar-refractivity contribution in [3.63, 3.8) is 0 Å². The maximum Gasteiger partial charge on any atom is 0.255 e. The molecule has 2 aromatic rings. The normalized spacial score (nSPS) is 11.0. The van der Waals surface area contributed by atoms with Gasteiger partial charge in [0, 0.05) is 6.54 Å². The Morgan fingerprint density at radius 3 is 2.57 bits per heavy atom. The van der Waals surface area contributed by atoms with Gasteiger partial charge in [0.1, 0.15) is 18.1 Å². The molecule has 7 nitrogen and oxygen atoms in total. The van der Waals surface area contributed by atoms with Crippen LogP contribution in [0.25, 0.3) is 0 Å². The van der Waals surface area contributed by atoms with Crippen LogP contribution in [0.5, 0.6) is 11.5 Å². The van der Waals surface area contributed by atoms with E-state index in [0.29, 0.717) is 31.4 Å². The lowest BCUT2D eigenvalue weighted by molar-refractivity contribution is -0.119. The van der Waals surface area contributed by atoms with Crippen molar-refractivity contribution in [2.75, 3.05) is 26.3 Å². The molecule has 0 aliphatic carbocycles. The summed E-state index contributed by atoms with van der Waals surface area (Å²) in [5.41, 5.74) is 7.27. The first-order valence-electron chi connectivity index (χ1n) is 9.28. The van der Waals surface area contributed by atoms with Gasteiger partial charge in [-0.2, -0.15) is 0 Å². The van der Waals surface area contributed by atoms with Gasteiger partial charge in [0.25, 0.3) is 5.91 Å². The summed E-state index contributed by atoms with van der Waals surface area (Å²) in [6.45, 7) is 6.31. The summed E-state index contributed by atoms with van der Waals surface area (Å²) in [4.78, 5) is 15.4. The van der Waals surface area contributed by atoms with Crippen LogP contribution in [0.15, 0.2) is 53.5 Å². The van der Waals surface area contributed by atoms with E-state index in [0.717, 1.165) is 17.9 Å². The molecule has 0 saturated heterocycles. The van der Waals surface area contributed by atoms with Gasteiger partial charge in [0.05, 0.1) is 13.1 Å². The zero-order chi connectivity index (χ0) is 20.2. The number of guanidine groups is 1. The van der Waals surface area contributed by atoms with Gasteiger partial charge in [-0.15, -0.1) is 0 Å². The standard InChI is InChI=1S/C21H28N4O3/c1-3-23-21(24-11-12-27-18-9-7-16(2)8-10-18)25-14-17-5-4-6-19(13-17)28-15-20(22)26/h4-10,13H,3,11-12,14-15H2,1-2H3,(H2,22,26)(H2,23,24,25). The minimum atomic E-state index is -0.505. The molecule has 0 aromatic heterocycles. The van der Waals surface area contributed by atoms with Gasteiger partial charge in [-0.05, 0) is 43.7 Å². The maximum absolute atomic E-state index is 10.8. The number of ether oxygens (including phenoxy) is 2. The molecule has 0 unspecified atom stereocenters. The minimum absolute atomic E-state index is 0.141. The first-order chi connectivity index (χ1) is 13.6. The Labute approximate surface area is 165 Å². The molecule has 0 spiro atoms. The molecule has 0 heterocycles. The third-order valence-corrected chi connectivity index (χ3v) is 3.73. The molecule has 2 rings (SSSR count). The van der Waals surface area contributed by atoms with Crippen LogP contribution >= 0.6 is 0 Å². The van der Waals surface area contributed by atoms with E-state index >= 15 is 0 Å². The summed E-state index contributed by atoms with van der Waals surface area (Å²) in [7, 11) is 0. The summed E-state index contributed by atoms with van der Waals surface area (Å²) in [6.07, 6.45) is 0. The first kappa shape index (κ1) is 21.1. The fourth-order valence-electron chi connectivity index (χ4n) is 2.37. The third-order valence-electron chi connectivity index (χ3n) is 3.73. The Balaban J connectivity index is 1.83. The second-order valence-electron chi connectivity index (χ2n) is 6.19. The van der Waals surface area contributed by atoms with Crippen molar-refractivity contribution in [1.82, 2.24) is 10.6 Å². The number of hydrogen-bond acceptors (Lipinski definition) is 4. The quantitative estimate of drug-likeness (QED) is 0.331. The second kappa shape index (κ2) is 11.5. The Morgan fingerprint density at radius 2 is 1.86 bits per heavy atom. The fraction of sp³-hybridized carbons (Fsp3) is 0.333. The number of aryl methyl sites for hydroxylation is 1. The molecule has 28 heavy (non-hydrogen) atoms. The molecule has 1 amide bonds. The number of primary amides is 1. The minimum Gasteiger partial charge on any atom is -0.492 e. The highest BCUT2D eigenvalue weighted by molar-refractivity contribution is 5.79. The average Bonchev–Trinajstić information content (AvgIpc) is 2.69. The highest BCUT2D eigenvalue weighted by atomic mass is 16.5. The van der Waals surface area contributed by atoms with Crippen LogP contribution in [0.1, 0.15) is 18.1 Å². The number of aliphatic imine (C=N–C) groups is 1. The summed E-state index contributed by atoms with van der Waals surface area (Å²) in [5.74, 6) is 1.64. The van der Waals surface area contributed by atoms with Crippen LogP contribution in [0.3, 0.4) is 0 Å². The molecule has 0 bridgehead atoms. The summed E-state index contributed by atoms with van der Waals surface area (Å²) in [5, 5.41) is 6.45. The van der Waals surface area contributed by atoms with Crippen molar-refractivity contribution < 1.29 is 14.3 Å². The number of benzene rings is 2. The molecule has 4 N–H and O–H groups in total. The predicted molar refractivity (Wildman–Crippen MR) is 111 cm³/mol. The summed E-state index contributed by atoms with van der Waals surface area (Å²) in [6, 6.07) is 15.4. The zero-order valence-corrected chi connectivity index (χ0v) is 16.4. The number of nitrogens with zero attached hydrogens (tertiary/aromatic N) is 1. The van der Waals surface area contributed by atoms with Crippen molar-refractivity contribution >= 4 is 11.9 Å². The van der Waals surface area contributed by atoms with E-state index < -0.39 is 5.91 Å². The van der Waals surface area contributed by atoms with Gasteiger partial charge >= 0.3 is 0 Å². The topological polar surface area (TPSA) is 98.0 Å². The average molecular weight is 384 g/mol. The monoisotopic (exact) mass is 384 g/mol. The number of carbonyl (C=O) groups excluding carboxylic acids is 1. The lowest BCUT2D eigenvalue weighted by atomic mass is 10.2. The molecule has 0 aliphatic heterocycles. The van der Waals surface area contributed by atoms with Crippen LogP contribution in [0, 0.1) is 6.92 Å². The molecule has 7 heteroatoms. The number of hydrogen-bond donors (Lipinski definition) is 3. The highest BCUT2D eigenvalue weighted by Crippen LogP contribution is 2.14. The van der Waals surface area contributed by atoms with E-state index in [1.165, 1.54) is 5.56 Å². The van der Waals surface area contributed by atoms with E-state index in [4.69, 9.17) is 15.2 Å². The van der Waals surface area contributed by atoms with Crippen molar-refractivity contribution in [2.24, 2.45) is 10.7 Å². The molecule has 0 aliphatic rings. The van der Waals surface area contributed by atoms with E-state index in [9.17, 15) is 4.79 Å². The number of rotatable bonds is 10. The molecule has 2 aromatic carbocycles. The number of carbonyl (C=O) groups is 1. The van der Waals surface area contributed by atoms with Crippen LogP contribution in [0.2, 0.25) is 0 Å². The largest absolute Gasteiger partial charge is 0.492 e. The lowest BCUT2D eigenvalue weighted by Gasteiger charge is -2.12. The van der Waals surface area contributed by atoms with Crippen LogP contribution in [-0.4, -0.2) is 38.2 Å². The smallest absolute Gasteiger partial charge is 0.255 e. The van der Waals surface area contributed by atoms with Crippen molar-refractivity contribution in [3.8, 4) is 11.5 Å². The second-order valence-corrected chi connectivity index (χ2v) is 6.19. The summed E-state index contributed by atoms with van der Waals surface area (Å²) < 4.78 is 11.0. The van der Waals surface area contributed by atoms with Crippen LogP contribution < -0.4 is 25.8 Å². The van der Waals surface area contributed by atoms with Crippen molar-refractivity contribution in [2.45, 2.75) is 20.4 Å². The van der Waals surface area contributed by atoms with E-state index in [-0.39, 0.29) is 6.61 Å². The number of nitrogens with one attached hydrogen (secondary N) is 2. The first-order valence-corrected chi connectivity index (χ1v) is 9.28. The molecule has 0 atom stereocenters. The van der Waals surface area contributed by atoms with Gasteiger partial charge in [-0.25, -0.2) is 4.99 Å². The molecule has 0 fully saturated rings. The Hall–Kier alpha value is -3.22. The molecular formula is C21H28N4O3. The van der Waals surface area contributed by atoms with E-state index in [1.54, 1.807) is 6.07 Å². The Morgan fingerprint density at radius 1 is 1.07 bits per heavy atom. The molecule has 150 valence electrons. The van der Waals surface area contributed by atoms with Gasteiger partial charge in [-0.3, -0.25) is 4.79 Å². The van der Waals surface area contributed by atoms with Gasteiger partial charge in [-0.1, -0.05) is 29.8 Å². The van der Waals surface area contributed by atoms with Crippen LogP contribution in [-0.2, 0) is 11.3 Å². The van der Waals surface area contributed by atoms with E-state index in [2.05, 4.69) is 15.6 Å². The van der Waals surface area contributed by atoms with Crippen molar-refractivity contribution in [1.29, 1.82) is 0 Å². The molecular weight excluding hydrogens is 356 g/mol. The molecule has 0 saturated carbocycles. The zero-order valence-electron chi connectivity index (χ0n) is 16.4. The van der Waals surface area contributed by atoms with Gasteiger partial charge in [0.15, 0.2) is 12.6 Å². The Bertz CT molecular complexity index is 775.